The predicted octanol–water partition coefficient (Wildman–Crippen LogP) is 2.36. The lowest BCUT2D eigenvalue weighted by Gasteiger charge is -2.42. The smallest absolute Gasteiger partial charge is 0.321 e. The fourth-order valence-electron chi connectivity index (χ4n) is 5.93. The van der Waals surface area contributed by atoms with E-state index in [-0.39, 0.29) is 30.9 Å². The van der Waals surface area contributed by atoms with Crippen LogP contribution in [0.2, 0.25) is 0 Å². The summed E-state index contributed by atoms with van der Waals surface area (Å²) in [7, 11) is 0. The van der Waals surface area contributed by atoms with Crippen molar-refractivity contribution in [2.45, 2.75) is 50.2 Å². The maximum Gasteiger partial charge on any atom is 0.321 e. The second-order valence-corrected chi connectivity index (χ2v) is 9.73. The van der Waals surface area contributed by atoms with Crippen molar-refractivity contribution in [3.05, 3.63) is 30.3 Å². The highest BCUT2D eigenvalue weighted by Crippen LogP contribution is 2.40. The third-order valence-electron chi connectivity index (χ3n) is 7.66. The summed E-state index contributed by atoms with van der Waals surface area (Å²) in [6.45, 7) is 2.05. The summed E-state index contributed by atoms with van der Waals surface area (Å²) in [5.74, 6) is 0.231. The number of hydrogen-bond acceptors (Lipinski definition) is 7. The molecule has 1 aromatic heterocycles. The minimum absolute atomic E-state index is 0. The van der Waals surface area contributed by atoms with Gasteiger partial charge in [0.1, 0.15) is 12.1 Å². The van der Waals surface area contributed by atoms with Gasteiger partial charge in [-0.3, -0.25) is 14.5 Å². The van der Waals surface area contributed by atoms with E-state index < -0.39 is 24.0 Å². The average Bonchev–Trinajstić information content (AvgIpc) is 3.47. The molecule has 10 nitrogen and oxygen atoms in total. The largest absolute Gasteiger partial charge is 0.480 e. The molecular weight excluding hydrogens is 495 g/mol. The summed E-state index contributed by atoms with van der Waals surface area (Å²) in [6.07, 6.45) is 4.18. The van der Waals surface area contributed by atoms with Crippen LogP contribution in [0.15, 0.2) is 30.3 Å². The number of tetrazole rings is 1. The van der Waals surface area contributed by atoms with Crippen LogP contribution in [0.25, 0.3) is 11.4 Å². The molecule has 2 saturated heterocycles. The molecule has 192 valence electrons. The second kappa shape index (κ2) is 11.6. The maximum absolute atomic E-state index is 12.0. The molecule has 0 amide bonds. The first-order chi connectivity index (χ1) is 16.0. The number of aromatic nitrogens is 4. The molecule has 3 aliphatic rings. The van der Waals surface area contributed by atoms with E-state index in [1.807, 2.05) is 30.3 Å². The molecule has 0 radical (unpaired) electrons. The molecule has 1 saturated carbocycles. The van der Waals surface area contributed by atoms with Crippen molar-refractivity contribution in [3.63, 3.8) is 0 Å². The van der Waals surface area contributed by atoms with Crippen LogP contribution in [0, 0.1) is 17.8 Å². The van der Waals surface area contributed by atoms with Gasteiger partial charge < -0.3 is 15.5 Å². The molecular formula is C23H32Cl2N6O4. The van der Waals surface area contributed by atoms with Crippen LogP contribution in [0.3, 0.4) is 0 Å². The van der Waals surface area contributed by atoms with Gasteiger partial charge >= 0.3 is 11.9 Å². The van der Waals surface area contributed by atoms with Gasteiger partial charge in [-0.05, 0) is 61.6 Å². The SMILES string of the molecule is Cl.Cl.O=C(O)C1CC2CC(CN3C[C@@H](n4nnc(-c5ccccc5)n4)C[C@H]3C(=O)O)CC[C@H]2CN1. The first kappa shape index (κ1) is 27.3. The number of carboxylic acid groups (broad SMARTS) is 2. The van der Waals surface area contributed by atoms with E-state index >= 15 is 0 Å². The number of nitrogens with one attached hydrogen (secondary N) is 1. The van der Waals surface area contributed by atoms with Crippen molar-refractivity contribution < 1.29 is 19.8 Å². The molecule has 3 N–H and O–H groups in total. The molecule has 12 heteroatoms. The van der Waals surface area contributed by atoms with Gasteiger partial charge in [0.2, 0.25) is 5.82 Å². The van der Waals surface area contributed by atoms with Gasteiger partial charge in [-0.1, -0.05) is 30.3 Å². The lowest BCUT2D eigenvalue weighted by atomic mass is 9.69. The van der Waals surface area contributed by atoms with Crippen molar-refractivity contribution in [2.75, 3.05) is 19.6 Å². The lowest BCUT2D eigenvalue weighted by Crippen LogP contribution is -2.50. The van der Waals surface area contributed by atoms with Crippen molar-refractivity contribution in [1.82, 2.24) is 30.4 Å². The molecule has 0 spiro atoms. The van der Waals surface area contributed by atoms with Crippen molar-refractivity contribution in [3.8, 4) is 11.4 Å². The van der Waals surface area contributed by atoms with E-state index in [9.17, 15) is 19.8 Å². The Morgan fingerprint density at radius 2 is 1.77 bits per heavy atom. The number of carbonyl (C=O) groups is 2. The highest BCUT2D eigenvalue weighted by molar-refractivity contribution is 5.85. The van der Waals surface area contributed by atoms with Crippen LogP contribution in [-0.4, -0.2) is 79.0 Å². The number of aliphatic carboxylic acids is 2. The normalized spacial score (nSPS) is 30.5. The van der Waals surface area contributed by atoms with E-state index in [4.69, 9.17) is 0 Å². The van der Waals surface area contributed by atoms with Crippen LogP contribution in [0.4, 0.5) is 0 Å². The van der Waals surface area contributed by atoms with E-state index in [1.54, 1.807) is 4.80 Å². The second-order valence-electron chi connectivity index (χ2n) is 9.73. The molecule has 3 unspecified atom stereocenters. The number of rotatable bonds is 6. The molecule has 3 heterocycles. The number of hydrogen-bond donors (Lipinski definition) is 3. The van der Waals surface area contributed by atoms with Gasteiger partial charge in [-0.25, -0.2) is 0 Å². The molecule has 1 aliphatic carbocycles. The minimum atomic E-state index is -0.817. The first-order valence-corrected chi connectivity index (χ1v) is 11.8. The number of fused-ring (bicyclic) bond motifs is 1. The highest BCUT2D eigenvalue weighted by Gasteiger charge is 2.42. The number of likely N-dealkylation sites (tertiary alicyclic amines) is 1. The van der Waals surface area contributed by atoms with Gasteiger partial charge in [-0.15, -0.1) is 35.0 Å². The Bertz CT molecular complexity index is 1010. The number of piperidine rings is 1. The summed E-state index contributed by atoms with van der Waals surface area (Å²) >= 11 is 0. The fraction of sp³-hybridized carbons (Fsp3) is 0.609. The maximum atomic E-state index is 12.0. The number of benzene rings is 1. The van der Waals surface area contributed by atoms with Gasteiger partial charge in [-0.2, -0.15) is 4.80 Å². The van der Waals surface area contributed by atoms with Gasteiger partial charge in [0, 0.05) is 18.7 Å². The van der Waals surface area contributed by atoms with Crippen LogP contribution >= 0.6 is 24.8 Å². The topological polar surface area (TPSA) is 133 Å². The molecule has 2 aromatic rings. The van der Waals surface area contributed by atoms with Crippen LogP contribution in [-0.2, 0) is 9.59 Å². The monoisotopic (exact) mass is 526 g/mol. The Morgan fingerprint density at radius 1 is 1.00 bits per heavy atom. The zero-order chi connectivity index (χ0) is 22.9. The van der Waals surface area contributed by atoms with Crippen molar-refractivity contribution in [2.24, 2.45) is 17.8 Å². The summed E-state index contributed by atoms with van der Waals surface area (Å²) < 4.78 is 0. The van der Waals surface area contributed by atoms with Gasteiger partial charge in [0.15, 0.2) is 0 Å². The average molecular weight is 527 g/mol. The Balaban J connectivity index is 0.00000171. The Hall–Kier alpha value is -2.27. The van der Waals surface area contributed by atoms with E-state index in [1.165, 1.54) is 0 Å². The zero-order valence-electron chi connectivity index (χ0n) is 19.3. The van der Waals surface area contributed by atoms with E-state index in [0.29, 0.717) is 49.5 Å². The standard InChI is InChI=1S/C23H30N6O4.2ClH/c30-22(31)19-9-17-8-14(6-7-16(17)11-24-19)12-28-13-18(10-20(28)23(32)33)29-26-21(25-27-29)15-4-2-1-3-5-15;;/h1-5,14,16-20,24H,6-13H2,(H,30,31)(H,32,33);2*1H/t14?,16-,17?,18-,19?,20-;;/m0../s1. The predicted molar refractivity (Wildman–Crippen MR) is 133 cm³/mol. The lowest BCUT2D eigenvalue weighted by molar-refractivity contribution is -0.143. The molecule has 6 atom stereocenters. The molecule has 35 heavy (non-hydrogen) atoms. The third kappa shape index (κ3) is 5.94. The number of carboxylic acids is 2. The van der Waals surface area contributed by atoms with Crippen LogP contribution in [0.5, 0.6) is 0 Å². The summed E-state index contributed by atoms with van der Waals surface area (Å²) in [5.41, 5.74) is 0.881. The minimum Gasteiger partial charge on any atom is -0.480 e. The quantitative estimate of drug-likeness (QED) is 0.518. The fourth-order valence-corrected chi connectivity index (χ4v) is 5.93. The van der Waals surface area contributed by atoms with Crippen molar-refractivity contribution in [1.29, 1.82) is 0 Å². The molecule has 3 fully saturated rings. The summed E-state index contributed by atoms with van der Waals surface area (Å²) in [5, 5.41) is 35.3. The zero-order valence-corrected chi connectivity index (χ0v) is 20.9. The molecule has 2 aliphatic heterocycles. The summed E-state index contributed by atoms with van der Waals surface area (Å²) in [6, 6.07) is 8.45. The van der Waals surface area contributed by atoms with E-state index in [2.05, 4.69) is 25.6 Å². The Kier molecular flexibility index (Phi) is 9.09. The molecule has 0 bridgehead atoms. The van der Waals surface area contributed by atoms with Gasteiger partial charge in [0.25, 0.3) is 0 Å². The summed E-state index contributed by atoms with van der Waals surface area (Å²) in [4.78, 5) is 27.1. The van der Waals surface area contributed by atoms with E-state index in [0.717, 1.165) is 31.4 Å². The van der Waals surface area contributed by atoms with Crippen LogP contribution in [0.1, 0.15) is 38.1 Å². The first-order valence-electron chi connectivity index (χ1n) is 11.8. The number of halogens is 2. The highest BCUT2D eigenvalue weighted by atomic mass is 35.5. The molecule has 5 rings (SSSR count). The Morgan fingerprint density at radius 3 is 2.49 bits per heavy atom. The third-order valence-corrected chi connectivity index (χ3v) is 7.66. The van der Waals surface area contributed by atoms with Crippen molar-refractivity contribution >= 4 is 36.8 Å². The number of nitrogens with zero attached hydrogens (tertiary/aromatic N) is 5. The molecule has 1 aromatic carbocycles. The van der Waals surface area contributed by atoms with Gasteiger partial charge in [0.05, 0.1) is 6.04 Å². The van der Waals surface area contributed by atoms with Crippen LogP contribution < -0.4 is 5.32 Å². The Labute approximate surface area is 216 Å².